The summed E-state index contributed by atoms with van der Waals surface area (Å²) < 4.78 is 0. The Balaban J connectivity index is 2.04. The zero-order valence-electron chi connectivity index (χ0n) is 11.0. The molecule has 0 fully saturated rings. The number of rotatable bonds is 5. The van der Waals surface area contributed by atoms with Gasteiger partial charge in [-0.05, 0) is 57.7 Å². The zero-order valence-corrected chi connectivity index (χ0v) is 11.8. The van der Waals surface area contributed by atoms with Crippen LogP contribution in [-0.4, -0.2) is 6.54 Å². The third-order valence-electron chi connectivity index (χ3n) is 3.41. The van der Waals surface area contributed by atoms with Gasteiger partial charge in [0.15, 0.2) is 0 Å². The van der Waals surface area contributed by atoms with Crippen LogP contribution in [0.2, 0.25) is 0 Å². The highest BCUT2D eigenvalue weighted by molar-refractivity contribution is 7.12. The lowest BCUT2D eigenvalue weighted by atomic mass is 9.94. The second kappa shape index (κ2) is 6.36. The predicted molar refractivity (Wildman–Crippen MR) is 76.6 cm³/mol. The Morgan fingerprint density at radius 1 is 1.35 bits per heavy atom. The molecule has 0 saturated heterocycles. The van der Waals surface area contributed by atoms with Crippen molar-refractivity contribution in [2.45, 2.75) is 52.0 Å². The Labute approximate surface area is 109 Å². The molecule has 2 heteroatoms. The molecule has 17 heavy (non-hydrogen) atoms. The topological polar surface area (TPSA) is 12.0 Å². The van der Waals surface area contributed by atoms with Crippen molar-refractivity contribution in [3.8, 4) is 0 Å². The maximum atomic E-state index is 3.63. The highest BCUT2D eigenvalue weighted by Crippen LogP contribution is 2.31. The molecule has 2 rings (SSSR count). The van der Waals surface area contributed by atoms with Gasteiger partial charge in [0, 0.05) is 15.8 Å². The summed E-state index contributed by atoms with van der Waals surface area (Å²) in [5, 5.41) is 3.63. The first-order valence-corrected chi connectivity index (χ1v) is 7.59. The zero-order chi connectivity index (χ0) is 12.1. The average molecular weight is 249 g/mol. The van der Waals surface area contributed by atoms with Gasteiger partial charge in [-0.15, -0.1) is 11.3 Å². The largest absolute Gasteiger partial charge is 0.309 e. The highest BCUT2D eigenvalue weighted by atomic mass is 32.1. The van der Waals surface area contributed by atoms with Crippen LogP contribution in [0, 0.1) is 6.92 Å². The van der Waals surface area contributed by atoms with Crippen LogP contribution in [0.5, 0.6) is 0 Å². The minimum absolute atomic E-state index is 0.531. The molecule has 1 N–H and O–H groups in total. The summed E-state index contributed by atoms with van der Waals surface area (Å²) in [6, 6.07) is 5.05. The molecule has 1 aliphatic rings. The average Bonchev–Trinajstić information content (AvgIpc) is 2.77. The fourth-order valence-electron chi connectivity index (χ4n) is 2.51. The van der Waals surface area contributed by atoms with Gasteiger partial charge in [-0.25, -0.2) is 0 Å². The molecule has 1 aromatic rings. The minimum atomic E-state index is 0.531. The van der Waals surface area contributed by atoms with E-state index in [0.717, 1.165) is 6.54 Å². The van der Waals surface area contributed by atoms with Crippen molar-refractivity contribution >= 4 is 11.3 Å². The van der Waals surface area contributed by atoms with Crippen molar-refractivity contribution in [3.63, 3.8) is 0 Å². The fourth-order valence-corrected chi connectivity index (χ4v) is 3.47. The summed E-state index contributed by atoms with van der Waals surface area (Å²) in [6.07, 6.45) is 9.04. The summed E-state index contributed by atoms with van der Waals surface area (Å²) in [6.45, 7) is 5.44. The second-order valence-corrected chi connectivity index (χ2v) is 6.19. The molecule has 0 bridgehead atoms. The van der Waals surface area contributed by atoms with Gasteiger partial charge < -0.3 is 5.32 Å². The molecule has 0 saturated carbocycles. The Hall–Kier alpha value is -0.600. The van der Waals surface area contributed by atoms with E-state index in [1.54, 1.807) is 5.57 Å². The third kappa shape index (κ3) is 3.68. The molecule has 94 valence electrons. The van der Waals surface area contributed by atoms with Crippen LogP contribution in [-0.2, 0) is 0 Å². The predicted octanol–water partition coefficient (Wildman–Crippen LogP) is 4.60. The van der Waals surface area contributed by atoms with Gasteiger partial charge in [-0.2, -0.15) is 0 Å². The van der Waals surface area contributed by atoms with Crippen LogP contribution in [0.1, 0.15) is 54.8 Å². The van der Waals surface area contributed by atoms with E-state index in [9.17, 15) is 0 Å². The Bertz CT molecular complexity index is 378. The normalized spacial score (nSPS) is 17.9. The molecule has 0 aromatic carbocycles. The van der Waals surface area contributed by atoms with Gasteiger partial charge in [0.25, 0.3) is 0 Å². The molecule has 1 aliphatic carbocycles. The van der Waals surface area contributed by atoms with E-state index in [1.165, 1.54) is 41.9 Å². The molecular formula is C15H23NS. The van der Waals surface area contributed by atoms with Gasteiger partial charge in [0.2, 0.25) is 0 Å². The van der Waals surface area contributed by atoms with Gasteiger partial charge in [0.05, 0.1) is 0 Å². The van der Waals surface area contributed by atoms with Gasteiger partial charge in [-0.3, -0.25) is 0 Å². The molecule has 1 aromatic heterocycles. The lowest BCUT2D eigenvalue weighted by Gasteiger charge is -2.20. The van der Waals surface area contributed by atoms with E-state index in [0.29, 0.717) is 6.04 Å². The van der Waals surface area contributed by atoms with Crippen LogP contribution in [0.3, 0.4) is 0 Å². The maximum Gasteiger partial charge on any atom is 0.0452 e. The number of thiophene rings is 1. The number of hydrogen-bond donors (Lipinski definition) is 1. The third-order valence-corrected chi connectivity index (χ3v) is 4.52. The van der Waals surface area contributed by atoms with Gasteiger partial charge >= 0.3 is 0 Å². The minimum Gasteiger partial charge on any atom is -0.309 e. The molecular weight excluding hydrogens is 226 g/mol. The maximum absolute atomic E-state index is 3.63. The molecule has 0 amide bonds. The number of hydrogen-bond acceptors (Lipinski definition) is 2. The van der Waals surface area contributed by atoms with E-state index in [1.807, 2.05) is 11.3 Å². The van der Waals surface area contributed by atoms with Gasteiger partial charge in [0.1, 0.15) is 0 Å². The Morgan fingerprint density at radius 2 is 2.24 bits per heavy atom. The second-order valence-electron chi connectivity index (χ2n) is 4.87. The molecule has 0 radical (unpaired) electrons. The Morgan fingerprint density at radius 3 is 2.82 bits per heavy atom. The van der Waals surface area contributed by atoms with Crippen LogP contribution in [0.25, 0.3) is 0 Å². The molecule has 1 unspecified atom stereocenters. The van der Waals surface area contributed by atoms with Crippen molar-refractivity contribution in [2.75, 3.05) is 6.54 Å². The standard InChI is InChI=1S/C15H23NS/c1-3-16-14(15-10-9-12(2)17-15)11-13-7-5-4-6-8-13/h7,9-10,14,16H,3-6,8,11H2,1-2H3. The molecule has 1 heterocycles. The summed E-state index contributed by atoms with van der Waals surface area (Å²) in [5.41, 5.74) is 1.66. The van der Waals surface area contributed by atoms with Crippen LogP contribution < -0.4 is 5.32 Å². The van der Waals surface area contributed by atoms with E-state index in [2.05, 4.69) is 37.4 Å². The number of aryl methyl sites for hydroxylation is 1. The van der Waals surface area contributed by atoms with Crippen molar-refractivity contribution in [1.82, 2.24) is 5.32 Å². The van der Waals surface area contributed by atoms with E-state index in [-0.39, 0.29) is 0 Å². The van der Waals surface area contributed by atoms with Crippen LogP contribution >= 0.6 is 11.3 Å². The SMILES string of the molecule is CCNC(CC1=CCCCC1)c1ccc(C)s1. The first-order chi connectivity index (χ1) is 8.29. The summed E-state index contributed by atoms with van der Waals surface area (Å²) >= 11 is 1.93. The smallest absolute Gasteiger partial charge is 0.0452 e. The first kappa shape index (κ1) is 12.8. The van der Waals surface area contributed by atoms with Crippen molar-refractivity contribution in [3.05, 3.63) is 33.5 Å². The number of allylic oxidation sites excluding steroid dienone is 1. The lowest BCUT2D eigenvalue weighted by Crippen LogP contribution is -2.20. The lowest BCUT2D eigenvalue weighted by molar-refractivity contribution is 0.534. The van der Waals surface area contributed by atoms with Crippen LogP contribution in [0.15, 0.2) is 23.8 Å². The van der Waals surface area contributed by atoms with E-state index >= 15 is 0 Å². The molecule has 1 nitrogen and oxygen atoms in total. The highest BCUT2D eigenvalue weighted by Gasteiger charge is 2.15. The molecule has 1 atom stereocenters. The van der Waals surface area contributed by atoms with Crippen molar-refractivity contribution in [1.29, 1.82) is 0 Å². The fraction of sp³-hybridized carbons (Fsp3) is 0.600. The number of nitrogens with one attached hydrogen (secondary N) is 1. The van der Waals surface area contributed by atoms with Crippen molar-refractivity contribution in [2.24, 2.45) is 0 Å². The Kier molecular flexibility index (Phi) is 4.81. The summed E-state index contributed by atoms with van der Waals surface area (Å²) in [4.78, 5) is 2.91. The molecule has 0 aliphatic heterocycles. The van der Waals surface area contributed by atoms with E-state index < -0.39 is 0 Å². The molecule has 0 spiro atoms. The quantitative estimate of drug-likeness (QED) is 0.752. The van der Waals surface area contributed by atoms with Crippen molar-refractivity contribution < 1.29 is 0 Å². The monoisotopic (exact) mass is 249 g/mol. The van der Waals surface area contributed by atoms with Gasteiger partial charge in [-0.1, -0.05) is 18.6 Å². The summed E-state index contributed by atoms with van der Waals surface area (Å²) in [7, 11) is 0. The first-order valence-electron chi connectivity index (χ1n) is 6.77. The van der Waals surface area contributed by atoms with E-state index in [4.69, 9.17) is 0 Å². The summed E-state index contributed by atoms with van der Waals surface area (Å²) in [5.74, 6) is 0. The van der Waals surface area contributed by atoms with Crippen LogP contribution in [0.4, 0.5) is 0 Å².